The fourth-order valence-electron chi connectivity index (χ4n) is 2.11. The summed E-state index contributed by atoms with van der Waals surface area (Å²) in [6.45, 7) is 0. The second-order valence-electron chi connectivity index (χ2n) is 6.57. The molecule has 21 heteroatoms. The molecule has 0 aliphatic rings. The number of nitrogens with one attached hydrogen (secondary N) is 1. The molecule has 0 spiro atoms. The summed E-state index contributed by atoms with van der Waals surface area (Å²) in [7, 11) is 0. The lowest BCUT2D eigenvalue weighted by atomic mass is 9.89. The molecule has 1 aromatic carbocycles. The fraction of sp³-hybridized carbons (Fsp3) is 0.533. The van der Waals surface area contributed by atoms with E-state index in [2.05, 4.69) is 0 Å². The lowest BCUT2D eigenvalue weighted by Gasteiger charge is -2.42. The SMILES string of the molecule is O=C(Nc1cccc(Cl)c1Cl)C(F)(F)C(F)(F)C(F)(F)C(F)(F)C(F)(F)C(F)(F)C(F)(F)C(F)(F)F. The van der Waals surface area contributed by atoms with Gasteiger partial charge in [0.25, 0.3) is 0 Å². The molecule has 2 nitrogen and oxygen atoms in total. The molecule has 0 heterocycles. The molecule has 0 saturated heterocycles. The number of hydrogen-bond donors (Lipinski definition) is 1. The number of alkyl halides is 17. The molecule has 1 amide bonds. The average Bonchev–Trinajstić information content (AvgIpc) is 2.69. The molecule has 1 aromatic rings. The summed E-state index contributed by atoms with van der Waals surface area (Å²) < 4.78 is 224. The first-order valence-corrected chi connectivity index (χ1v) is 8.79. The fourth-order valence-corrected chi connectivity index (χ4v) is 2.46. The van der Waals surface area contributed by atoms with Gasteiger partial charge in [0.1, 0.15) is 0 Å². The minimum Gasteiger partial charge on any atom is -0.319 e. The quantitative estimate of drug-likeness (QED) is 0.299. The van der Waals surface area contributed by atoms with E-state index in [1.807, 2.05) is 0 Å². The van der Waals surface area contributed by atoms with Gasteiger partial charge in [0.15, 0.2) is 0 Å². The van der Waals surface area contributed by atoms with Crippen LogP contribution in [0.1, 0.15) is 0 Å². The predicted octanol–water partition coefficient (Wildman–Crippen LogP) is 7.94. The van der Waals surface area contributed by atoms with Gasteiger partial charge >= 0.3 is 53.5 Å². The molecule has 0 unspecified atom stereocenters. The zero-order valence-electron chi connectivity index (χ0n) is 15.8. The van der Waals surface area contributed by atoms with E-state index < -0.39 is 69.3 Å². The van der Waals surface area contributed by atoms with Crippen molar-refractivity contribution in [2.75, 3.05) is 5.32 Å². The van der Waals surface area contributed by atoms with Crippen LogP contribution in [0.2, 0.25) is 10.0 Å². The summed E-state index contributed by atoms with van der Waals surface area (Å²) in [6, 6.07) is 2.10. The monoisotopic (exact) mass is 607 g/mol. The summed E-state index contributed by atoms with van der Waals surface area (Å²) >= 11 is 10.7. The van der Waals surface area contributed by atoms with Crippen LogP contribution in [0.4, 0.5) is 80.3 Å². The molecule has 0 atom stereocenters. The molecule has 0 radical (unpaired) electrons. The van der Waals surface area contributed by atoms with Crippen LogP contribution in [0, 0.1) is 0 Å². The summed E-state index contributed by atoms with van der Waals surface area (Å²) in [6.07, 6.45) is -7.85. The molecule has 1 rings (SSSR count). The van der Waals surface area contributed by atoms with E-state index >= 15 is 0 Å². The van der Waals surface area contributed by atoms with E-state index in [1.54, 1.807) is 0 Å². The Bertz CT molecular complexity index is 1000. The van der Waals surface area contributed by atoms with Crippen molar-refractivity contribution < 1.29 is 79.4 Å². The van der Waals surface area contributed by atoms with Crippen LogP contribution >= 0.6 is 23.2 Å². The minimum atomic E-state index is -8.78. The lowest BCUT2D eigenvalue weighted by Crippen LogP contribution is -2.75. The number of benzene rings is 1. The molecule has 208 valence electrons. The molecule has 0 fully saturated rings. The van der Waals surface area contributed by atoms with Gasteiger partial charge in [-0.3, -0.25) is 4.79 Å². The maximum absolute atomic E-state index is 13.8. The van der Waals surface area contributed by atoms with Gasteiger partial charge in [-0.2, -0.15) is 74.6 Å². The van der Waals surface area contributed by atoms with E-state index in [4.69, 9.17) is 23.2 Å². The molecular weight excluding hydrogens is 604 g/mol. The van der Waals surface area contributed by atoms with Gasteiger partial charge in [0.2, 0.25) is 0 Å². The highest BCUT2D eigenvalue weighted by molar-refractivity contribution is 6.44. The van der Waals surface area contributed by atoms with Crippen molar-refractivity contribution in [3.63, 3.8) is 0 Å². The van der Waals surface area contributed by atoms with Crippen LogP contribution in [0.5, 0.6) is 0 Å². The Hall–Kier alpha value is -1.92. The van der Waals surface area contributed by atoms with E-state index in [0.29, 0.717) is 11.4 Å². The van der Waals surface area contributed by atoms with E-state index in [1.165, 1.54) is 0 Å². The highest BCUT2D eigenvalue weighted by Crippen LogP contribution is 2.64. The van der Waals surface area contributed by atoms with Gasteiger partial charge in [-0.1, -0.05) is 29.3 Å². The maximum atomic E-state index is 13.8. The number of anilines is 1. The smallest absolute Gasteiger partial charge is 0.319 e. The summed E-state index contributed by atoms with van der Waals surface area (Å²) in [4.78, 5) is 11.4. The third-order valence-electron chi connectivity index (χ3n) is 4.21. The van der Waals surface area contributed by atoms with Crippen molar-refractivity contribution in [2.45, 2.75) is 47.6 Å². The van der Waals surface area contributed by atoms with Crippen LogP contribution in [0.3, 0.4) is 0 Å². The van der Waals surface area contributed by atoms with Crippen molar-refractivity contribution in [1.82, 2.24) is 0 Å². The van der Waals surface area contributed by atoms with Crippen LogP contribution < -0.4 is 5.32 Å². The first kappa shape index (κ1) is 32.1. The number of carbonyl (C=O) groups is 1. The first-order valence-electron chi connectivity index (χ1n) is 8.04. The Kier molecular flexibility index (Phi) is 7.88. The molecule has 0 saturated carbocycles. The highest BCUT2D eigenvalue weighted by Gasteiger charge is 2.95. The molecule has 0 bridgehead atoms. The van der Waals surface area contributed by atoms with Crippen LogP contribution in [-0.4, -0.2) is 53.5 Å². The lowest BCUT2D eigenvalue weighted by molar-refractivity contribution is -0.459. The second-order valence-corrected chi connectivity index (χ2v) is 7.36. The third-order valence-corrected chi connectivity index (χ3v) is 5.03. The second kappa shape index (κ2) is 8.83. The maximum Gasteiger partial charge on any atom is 0.460 e. The number of halogens is 19. The standard InChI is InChI=1S/C15H4Cl2F17NO/c16-4-2-1-3-5(6(4)17)35-7(36)8(18,19)9(20,21)10(22,23)11(24,25)12(26,27)13(28,29)14(30,31)15(32,33)34/h1-3H,(H,35,36). The summed E-state index contributed by atoms with van der Waals surface area (Å²) in [5.74, 6) is -62.2. The van der Waals surface area contributed by atoms with Crippen molar-refractivity contribution in [3.05, 3.63) is 28.2 Å². The van der Waals surface area contributed by atoms with Gasteiger partial charge < -0.3 is 5.32 Å². The molecule has 1 N–H and O–H groups in total. The van der Waals surface area contributed by atoms with E-state index in [0.717, 1.165) is 12.1 Å². The third kappa shape index (κ3) is 4.28. The Labute approximate surface area is 196 Å². The number of rotatable bonds is 8. The van der Waals surface area contributed by atoms with Crippen LogP contribution in [0.25, 0.3) is 0 Å². The van der Waals surface area contributed by atoms with Gasteiger partial charge in [0.05, 0.1) is 15.7 Å². The normalized spacial score (nSPS) is 15.2. The number of amides is 1. The summed E-state index contributed by atoms with van der Waals surface area (Å²) in [5.41, 5.74) is -1.19. The molecule has 0 aliphatic carbocycles. The summed E-state index contributed by atoms with van der Waals surface area (Å²) in [5, 5.41) is -0.905. The van der Waals surface area contributed by atoms with E-state index in [9.17, 15) is 79.4 Å². The molecule has 0 aromatic heterocycles. The Morgan fingerprint density at radius 2 is 0.944 bits per heavy atom. The van der Waals surface area contributed by atoms with Crippen molar-refractivity contribution in [2.24, 2.45) is 0 Å². The average molecular weight is 608 g/mol. The highest BCUT2D eigenvalue weighted by atomic mass is 35.5. The van der Waals surface area contributed by atoms with E-state index in [-0.39, 0.29) is 0 Å². The van der Waals surface area contributed by atoms with Crippen LogP contribution in [-0.2, 0) is 4.79 Å². The minimum absolute atomic E-state index is 0.473. The molecular formula is C15H4Cl2F17NO. The zero-order valence-corrected chi connectivity index (χ0v) is 17.3. The van der Waals surface area contributed by atoms with Gasteiger partial charge in [-0.05, 0) is 12.1 Å². The zero-order chi connectivity index (χ0) is 29.1. The van der Waals surface area contributed by atoms with Crippen molar-refractivity contribution in [3.8, 4) is 0 Å². The molecule has 0 aliphatic heterocycles. The van der Waals surface area contributed by atoms with Crippen LogP contribution in [0.15, 0.2) is 18.2 Å². The van der Waals surface area contributed by atoms with Crippen molar-refractivity contribution in [1.29, 1.82) is 0 Å². The van der Waals surface area contributed by atoms with Gasteiger partial charge in [-0.25, -0.2) is 0 Å². The number of hydrogen-bond acceptors (Lipinski definition) is 1. The Morgan fingerprint density at radius 3 is 1.33 bits per heavy atom. The largest absolute Gasteiger partial charge is 0.460 e. The molecule has 36 heavy (non-hydrogen) atoms. The van der Waals surface area contributed by atoms with Gasteiger partial charge in [-0.15, -0.1) is 0 Å². The Balaban J connectivity index is 3.61. The topological polar surface area (TPSA) is 29.1 Å². The van der Waals surface area contributed by atoms with Gasteiger partial charge in [0, 0.05) is 0 Å². The van der Waals surface area contributed by atoms with Crippen molar-refractivity contribution >= 4 is 34.8 Å². The number of carbonyl (C=O) groups excluding carboxylic acids is 1. The Morgan fingerprint density at radius 1 is 0.583 bits per heavy atom. The predicted molar refractivity (Wildman–Crippen MR) is 85.8 cm³/mol. The first-order chi connectivity index (χ1) is 15.6.